The third kappa shape index (κ3) is 3.11. The van der Waals surface area contributed by atoms with E-state index < -0.39 is 0 Å². The van der Waals surface area contributed by atoms with Crippen molar-refractivity contribution in [3.8, 4) is 11.3 Å². The van der Waals surface area contributed by atoms with Gasteiger partial charge in [-0.3, -0.25) is 4.79 Å². The molecule has 0 saturated heterocycles. The zero-order valence-electron chi connectivity index (χ0n) is 14.6. The lowest BCUT2D eigenvalue weighted by Gasteiger charge is -2.11. The quantitative estimate of drug-likeness (QED) is 0.720. The summed E-state index contributed by atoms with van der Waals surface area (Å²) in [5, 5.41) is 7.07. The predicted octanol–water partition coefficient (Wildman–Crippen LogP) is 2.75. The molecular weight excluding hydrogens is 328 g/mol. The van der Waals surface area contributed by atoms with Crippen LogP contribution < -0.4 is 5.32 Å². The van der Waals surface area contributed by atoms with Crippen LogP contribution in [0, 0.1) is 6.92 Å². The summed E-state index contributed by atoms with van der Waals surface area (Å²) in [6, 6.07) is 8.32. The fraction of sp³-hybridized carbons (Fsp3) is 0.250. The van der Waals surface area contributed by atoms with Crippen LogP contribution in [0.4, 0.5) is 0 Å². The normalized spacial score (nSPS) is 14.3. The van der Waals surface area contributed by atoms with Crippen LogP contribution in [0.1, 0.15) is 23.1 Å². The molecule has 0 radical (unpaired) electrons. The highest BCUT2D eigenvalue weighted by atomic mass is 16.5. The van der Waals surface area contributed by atoms with Crippen LogP contribution >= 0.6 is 0 Å². The highest BCUT2D eigenvalue weighted by Crippen LogP contribution is 2.29. The van der Waals surface area contributed by atoms with E-state index in [9.17, 15) is 4.79 Å². The Morgan fingerprint density at radius 2 is 2.23 bits per heavy atom. The summed E-state index contributed by atoms with van der Waals surface area (Å²) in [6.07, 6.45) is 7.39. The average Bonchev–Trinajstić information content (AvgIpc) is 3.12. The number of carbonyl (C=O) groups is 1. The number of carbonyl (C=O) groups excluding carboxylic acids is 1. The van der Waals surface area contributed by atoms with E-state index in [0.29, 0.717) is 19.6 Å². The Hall–Kier alpha value is -2.99. The smallest absolute Gasteiger partial charge is 0.207 e. The van der Waals surface area contributed by atoms with Gasteiger partial charge < -0.3 is 10.1 Å². The second kappa shape index (κ2) is 7.09. The third-order valence-electron chi connectivity index (χ3n) is 4.73. The molecule has 0 fully saturated rings. The molecule has 1 N–H and O–H groups in total. The summed E-state index contributed by atoms with van der Waals surface area (Å²) in [5.41, 5.74) is 7.58. The van der Waals surface area contributed by atoms with E-state index in [1.165, 1.54) is 11.1 Å². The van der Waals surface area contributed by atoms with Crippen molar-refractivity contribution >= 4 is 17.5 Å². The van der Waals surface area contributed by atoms with Gasteiger partial charge in [0.1, 0.15) is 6.33 Å². The van der Waals surface area contributed by atoms with Crippen molar-refractivity contribution in [2.45, 2.75) is 19.9 Å². The molecule has 1 amide bonds. The van der Waals surface area contributed by atoms with Crippen LogP contribution in [0.25, 0.3) is 22.3 Å². The Balaban J connectivity index is 1.74. The highest BCUT2D eigenvalue weighted by Gasteiger charge is 2.13. The van der Waals surface area contributed by atoms with Gasteiger partial charge in [-0.1, -0.05) is 18.2 Å². The summed E-state index contributed by atoms with van der Waals surface area (Å²) >= 11 is 0. The maximum absolute atomic E-state index is 10.5. The molecule has 0 bridgehead atoms. The molecular formula is C20H20N4O2. The van der Waals surface area contributed by atoms with Gasteiger partial charge in [0, 0.05) is 18.3 Å². The van der Waals surface area contributed by atoms with Gasteiger partial charge in [0.2, 0.25) is 6.41 Å². The van der Waals surface area contributed by atoms with Crippen molar-refractivity contribution in [2.75, 3.05) is 13.2 Å². The Kier molecular flexibility index (Phi) is 4.50. The van der Waals surface area contributed by atoms with Crippen LogP contribution in [0.2, 0.25) is 0 Å². The minimum absolute atomic E-state index is 0.528. The summed E-state index contributed by atoms with van der Waals surface area (Å²) < 4.78 is 7.28. The zero-order valence-corrected chi connectivity index (χ0v) is 14.6. The van der Waals surface area contributed by atoms with Gasteiger partial charge in [-0.25, -0.2) is 9.50 Å². The number of nitrogens with zero attached hydrogens (tertiary/aromatic N) is 3. The van der Waals surface area contributed by atoms with Gasteiger partial charge in [0.15, 0.2) is 0 Å². The van der Waals surface area contributed by atoms with E-state index >= 15 is 0 Å². The number of nitrogens with one attached hydrogen (secondary N) is 1. The summed E-state index contributed by atoms with van der Waals surface area (Å²) in [4.78, 5) is 15.0. The van der Waals surface area contributed by atoms with Crippen LogP contribution in [0.5, 0.6) is 0 Å². The van der Waals surface area contributed by atoms with E-state index in [1.807, 2.05) is 29.8 Å². The first-order chi connectivity index (χ1) is 12.8. The first-order valence-corrected chi connectivity index (χ1v) is 8.64. The van der Waals surface area contributed by atoms with Crippen molar-refractivity contribution < 1.29 is 9.53 Å². The Bertz CT molecular complexity index is 991. The van der Waals surface area contributed by atoms with Crippen LogP contribution in [-0.4, -0.2) is 34.2 Å². The topological polar surface area (TPSA) is 68.5 Å². The highest BCUT2D eigenvalue weighted by molar-refractivity contribution is 5.81. The largest absolute Gasteiger partial charge is 0.377 e. The number of aromatic nitrogens is 3. The molecule has 0 aliphatic carbocycles. The minimum atomic E-state index is 0.528. The molecule has 2 aromatic heterocycles. The fourth-order valence-electron chi connectivity index (χ4n) is 3.31. The first kappa shape index (κ1) is 16.5. The second-order valence-electron chi connectivity index (χ2n) is 6.36. The molecule has 132 valence electrons. The lowest BCUT2D eigenvalue weighted by atomic mass is 10.0. The predicted molar refractivity (Wildman–Crippen MR) is 99.5 cm³/mol. The number of hydrogen-bond acceptors (Lipinski definition) is 4. The molecule has 4 rings (SSSR count). The summed E-state index contributed by atoms with van der Waals surface area (Å²) in [6.45, 7) is 3.99. The van der Waals surface area contributed by atoms with Gasteiger partial charge in [0.05, 0.1) is 24.4 Å². The number of rotatable bonds is 5. The molecule has 1 aliphatic heterocycles. The van der Waals surface area contributed by atoms with Crippen LogP contribution in [-0.2, 0) is 16.1 Å². The van der Waals surface area contributed by atoms with Crippen LogP contribution in [0.3, 0.4) is 0 Å². The molecule has 1 aliphatic rings. The maximum atomic E-state index is 10.5. The van der Waals surface area contributed by atoms with E-state index in [2.05, 4.69) is 33.6 Å². The molecule has 3 heterocycles. The minimum Gasteiger partial charge on any atom is -0.377 e. The maximum Gasteiger partial charge on any atom is 0.207 e. The molecule has 6 nitrogen and oxygen atoms in total. The molecule has 26 heavy (non-hydrogen) atoms. The number of aryl methyl sites for hydroxylation is 1. The van der Waals surface area contributed by atoms with Gasteiger partial charge in [-0.2, -0.15) is 5.10 Å². The van der Waals surface area contributed by atoms with E-state index in [0.717, 1.165) is 40.9 Å². The Morgan fingerprint density at radius 3 is 3.00 bits per heavy atom. The zero-order chi connectivity index (χ0) is 17.9. The van der Waals surface area contributed by atoms with Crippen molar-refractivity contribution in [3.63, 3.8) is 0 Å². The van der Waals surface area contributed by atoms with Crippen LogP contribution in [0.15, 0.2) is 42.9 Å². The summed E-state index contributed by atoms with van der Waals surface area (Å²) in [5.74, 6) is 0. The number of ether oxygens (including phenoxy) is 1. The standard InChI is InChI=1S/C20H20N4O2/c1-14-8-16(2-3-17(14)10-21-13-25)20-19-9-18(11-24(19)23-12-22-20)15-4-6-26-7-5-15/h2-4,8-9,11-13H,5-7,10H2,1H3,(H,21,25). The van der Waals surface area contributed by atoms with E-state index in [-0.39, 0.29) is 0 Å². The number of fused-ring (bicyclic) bond motifs is 1. The molecule has 0 saturated carbocycles. The SMILES string of the molecule is Cc1cc(-c2ncnn3cc(C4=CCOCC4)cc23)ccc1CNC=O. The van der Waals surface area contributed by atoms with Crippen molar-refractivity contribution in [2.24, 2.45) is 0 Å². The summed E-state index contributed by atoms with van der Waals surface area (Å²) in [7, 11) is 0. The molecule has 1 aromatic carbocycles. The first-order valence-electron chi connectivity index (χ1n) is 8.64. The third-order valence-corrected chi connectivity index (χ3v) is 4.73. The lowest BCUT2D eigenvalue weighted by Crippen LogP contribution is -2.10. The second-order valence-corrected chi connectivity index (χ2v) is 6.36. The average molecular weight is 348 g/mol. The number of benzene rings is 1. The molecule has 0 spiro atoms. The van der Waals surface area contributed by atoms with Crippen molar-refractivity contribution in [1.29, 1.82) is 0 Å². The van der Waals surface area contributed by atoms with Gasteiger partial charge >= 0.3 is 0 Å². The van der Waals surface area contributed by atoms with Gasteiger partial charge in [0.25, 0.3) is 0 Å². The number of hydrogen-bond donors (Lipinski definition) is 1. The van der Waals surface area contributed by atoms with Gasteiger partial charge in [-0.05, 0) is 47.7 Å². The monoisotopic (exact) mass is 348 g/mol. The van der Waals surface area contributed by atoms with Crippen molar-refractivity contribution in [3.05, 3.63) is 59.6 Å². The molecule has 3 aromatic rings. The molecule has 0 atom stereocenters. The molecule has 0 unspecified atom stereocenters. The lowest BCUT2D eigenvalue weighted by molar-refractivity contribution is -0.109. The fourth-order valence-corrected chi connectivity index (χ4v) is 3.31. The Morgan fingerprint density at radius 1 is 1.31 bits per heavy atom. The van der Waals surface area contributed by atoms with E-state index in [4.69, 9.17) is 4.74 Å². The number of amides is 1. The molecule has 6 heteroatoms. The van der Waals surface area contributed by atoms with Crippen molar-refractivity contribution in [1.82, 2.24) is 19.9 Å². The van der Waals surface area contributed by atoms with E-state index in [1.54, 1.807) is 6.33 Å². The Labute approximate surface area is 151 Å². The van der Waals surface area contributed by atoms with Gasteiger partial charge in [-0.15, -0.1) is 0 Å².